The predicted octanol–water partition coefficient (Wildman–Crippen LogP) is 4.03. The van der Waals surface area contributed by atoms with Crippen molar-refractivity contribution < 1.29 is 14.4 Å². The Morgan fingerprint density at radius 1 is 1.04 bits per heavy atom. The Bertz CT molecular complexity index is 854. The molecule has 2 aromatic carbocycles. The van der Waals surface area contributed by atoms with Gasteiger partial charge in [0.1, 0.15) is 0 Å². The highest BCUT2D eigenvalue weighted by molar-refractivity contribution is 8.00. The molecule has 0 heterocycles. The molecule has 0 saturated heterocycles. The average Bonchev–Trinajstić information content (AvgIpc) is 2.66. The van der Waals surface area contributed by atoms with Crippen LogP contribution in [0.1, 0.15) is 43.5 Å². The maximum Gasteiger partial charge on any atom is 0.250 e. The lowest BCUT2D eigenvalue weighted by molar-refractivity contribution is -0.116. The lowest BCUT2D eigenvalue weighted by Gasteiger charge is -2.16. The monoisotopic (exact) mass is 399 g/mol. The first-order valence-electron chi connectivity index (χ1n) is 9.20. The second-order valence-electron chi connectivity index (χ2n) is 6.24. The molecule has 2 aromatic rings. The van der Waals surface area contributed by atoms with E-state index in [0.717, 1.165) is 11.3 Å². The van der Waals surface area contributed by atoms with E-state index in [1.54, 1.807) is 24.3 Å². The molecule has 0 fully saturated rings. The van der Waals surface area contributed by atoms with Gasteiger partial charge in [0, 0.05) is 17.0 Å². The molecule has 6 nitrogen and oxygen atoms in total. The molecule has 0 spiro atoms. The minimum Gasteiger partial charge on any atom is -0.366 e. The number of thioether (sulfide) groups is 1. The molecule has 7 heteroatoms. The number of para-hydroxylation sites is 1. The number of hydrogen-bond donors (Lipinski definition) is 3. The minimum absolute atomic E-state index is 0.0301. The van der Waals surface area contributed by atoms with E-state index >= 15 is 0 Å². The van der Waals surface area contributed by atoms with Gasteiger partial charge in [-0.15, -0.1) is 11.8 Å². The molecule has 0 bridgehead atoms. The quantitative estimate of drug-likeness (QED) is 0.554. The van der Waals surface area contributed by atoms with Crippen LogP contribution >= 0.6 is 11.8 Å². The number of carbonyl (C=O) groups excluding carboxylic acids is 3. The van der Waals surface area contributed by atoms with Crippen LogP contribution in [0.15, 0.2) is 53.4 Å². The van der Waals surface area contributed by atoms with E-state index < -0.39 is 5.91 Å². The van der Waals surface area contributed by atoms with Gasteiger partial charge in [-0.25, -0.2) is 0 Å². The standard InChI is InChI=1S/C21H25N3O3S/c1-3-8-19(25)23-14-9-7-10-15(13-14)28-18(4-2)21(27)24-17-12-6-5-11-16(17)20(22)26/h5-7,9-13,18H,3-4,8H2,1-2H3,(H2,22,26)(H,23,25)(H,24,27). The molecule has 0 aromatic heterocycles. The predicted molar refractivity (Wildman–Crippen MR) is 114 cm³/mol. The zero-order valence-corrected chi connectivity index (χ0v) is 16.8. The van der Waals surface area contributed by atoms with Gasteiger partial charge in [-0.2, -0.15) is 0 Å². The summed E-state index contributed by atoms with van der Waals surface area (Å²) >= 11 is 1.41. The second-order valence-corrected chi connectivity index (χ2v) is 7.52. The molecule has 0 aliphatic heterocycles. The molecular formula is C21H25N3O3S. The minimum atomic E-state index is -0.591. The van der Waals surface area contributed by atoms with Crippen molar-refractivity contribution in [2.75, 3.05) is 10.6 Å². The maximum atomic E-state index is 12.7. The third-order valence-corrected chi connectivity index (χ3v) is 5.34. The molecule has 1 unspecified atom stereocenters. The molecule has 0 radical (unpaired) electrons. The lowest BCUT2D eigenvalue weighted by Crippen LogP contribution is -2.26. The van der Waals surface area contributed by atoms with Crippen LogP contribution in [-0.2, 0) is 9.59 Å². The van der Waals surface area contributed by atoms with E-state index in [0.29, 0.717) is 24.2 Å². The number of nitrogens with one attached hydrogen (secondary N) is 2. The van der Waals surface area contributed by atoms with Gasteiger partial charge < -0.3 is 16.4 Å². The summed E-state index contributed by atoms with van der Waals surface area (Å²) in [6, 6.07) is 14.1. The van der Waals surface area contributed by atoms with E-state index in [-0.39, 0.29) is 22.6 Å². The number of nitrogens with two attached hydrogens (primary N) is 1. The molecule has 0 aliphatic rings. The zero-order chi connectivity index (χ0) is 20.5. The number of rotatable bonds is 9. The highest BCUT2D eigenvalue weighted by Gasteiger charge is 2.20. The third kappa shape index (κ3) is 6.13. The smallest absolute Gasteiger partial charge is 0.250 e. The number of amides is 3. The van der Waals surface area contributed by atoms with Crippen molar-refractivity contribution in [3.05, 3.63) is 54.1 Å². The van der Waals surface area contributed by atoms with E-state index in [9.17, 15) is 14.4 Å². The fourth-order valence-electron chi connectivity index (χ4n) is 2.60. The van der Waals surface area contributed by atoms with Crippen molar-refractivity contribution >= 4 is 40.9 Å². The highest BCUT2D eigenvalue weighted by atomic mass is 32.2. The Hall–Kier alpha value is -2.80. The Labute approximate surface area is 169 Å². The highest BCUT2D eigenvalue weighted by Crippen LogP contribution is 2.29. The molecule has 3 amide bonds. The Kier molecular flexibility index (Phi) is 8.07. The summed E-state index contributed by atoms with van der Waals surface area (Å²) in [5, 5.41) is 5.30. The Balaban J connectivity index is 2.09. The van der Waals surface area contributed by atoms with Crippen LogP contribution in [0.5, 0.6) is 0 Å². The molecule has 148 valence electrons. The first-order chi connectivity index (χ1) is 13.4. The summed E-state index contributed by atoms with van der Waals surface area (Å²) in [5.41, 5.74) is 6.75. The van der Waals surface area contributed by atoms with Crippen LogP contribution in [0.4, 0.5) is 11.4 Å². The van der Waals surface area contributed by atoms with Gasteiger partial charge in [0.05, 0.1) is 16.5 Å². The van der Waals surface area contributed by atoms with Crippen LogP contribution in [0.2, 0.25) is 0 Å². The number of carbonyl (C=O) groups is 3. The van der Waals surface area contributed by atoms with E-state index in [1.165, 1.54) is 11.8 Å². The normalized spacial score (nSPS) is 11.5. The molecule has 1 atom stereocenters. The summed E-state index contributed by atoms with van der Waals surface area (Å²) < 4.78 is 0. The first kappa shape index (κ1) is 21.5. The fraction of sp³-hybridized carbons (Fsp3) is 0.286. The van der Waals surface area contributed by atoms with E-state index in [2.05, 4.69) is 10.6 Å². The van der Waals surface area contributed by atoms with E-state index in [1.807, 2.05) is 38.1 Å². The van der Waals surface area contributed by atoms with Crippen molar-refractivity contribution in [3.8, 4) is 0 Å². The summed E-state index contributed by atoms with van der Waals surface area (Å²) in [6.45, 7) is 3.87. The topological polar surface area (TPSA) is 101 Å². The number of hydrogen-bond acceptors (Lipinski definition) is 4. The van der Waals surface area contributed by atoms with Gasteiger partial charge in [-0.05, 0) is 43.2 Å². The molecule has 2 rings (SSSR count). The number of primary amides is 1. The van der Waals surface area contributed by atoms with Crippen molar-refractivity contribution in [1.29, 1.82) is 0 Å². The molecule has 28 heavy (non-hydrogen) atoms. The van der Waals surface area contributed by atoms with Crippen molar-refractivity contribution in [3.63, 3.8) is 0 Å². The van der Waals surface area contributed by atoms with Crippen molar-refractivity contribution in [2.45, 2.75) is 43.3 Å². The Morgan fingerprint density at radius 3 is 2.46 bits per heavy atom. The van der Waals surface area contributed by atoms with Gasteiger partial charge in [-0.3, -0.25) is 14.4 Å². The Morgan fingerprint density at radius 2 is 1.79 bits per heavy atom. The van der Waals surface area contributed by atoms with Crippen LogP contribution in [0.25, 0.3) is 0 Å². The van der Waals surface area contributed by atoms with Crippen LogP contribution < -0.4 is 16.4 Å². The van der Waals surface area contributed by atoms with Gasteiger partial charge in [0.15, 0.2) is 0 Å². The summed E-state index contributed by atoms with van der Waals surface area (Å²) in [4.78, 5) is 36.9. The van der Waals surface area contributed by atoms with Crippen molar-refractivity contribution in [2.24, 2.45) is 5.73 Å². The second kappa shape index (κ2) is 10.5. The molecular weight excluding hydrogens is 374 g/mol. The van der Waals surface area contributed by atoms with E-state index in [4.69, 9.17) is 5.73 Å². The number of anilines is 2. The summed E-state index contributed by atoms with van der Waals surface area (Å²) in [6.07, 6.45) is 1.85. The van der Waals surface area contributed by atoms with Gasteiger partial charge in [-0.1, -0.05) is 32.0 Å². The first-order valence-corrected chi connectivity index (χ1v) is 10.1. The largest absolute Gasteiger partial charge is 0.366 e. The van der Waals surface area contributed by atoms with Crippen molar-refractivity contribution in [1.82, 2.24) is 0 Å². The fourth-order valence-corrected chi connectivity index (χ4v) is 3.62. The molecule has 0 saturated carbocycles. The van der Waals surface area contributed by atoms with Crippen LogP contribution in [0.3, 0.4) is 0 Å². The molecule has 0 aliphatic carbocycles. The maximum absolute atomic E-state index is 12.7. The van der Waals surface area contributed by atoms with Gasteiger partial charge in [0.25, 0.3) is 5.91 Å². The van der Waals surface area contributed by atoms with Crippen LogP contribution in [0, 0.1) is 0 Å². The zero-order valence-electron chi connectivity index (χ0n) is 16.0. The van der Waals surface area contributed by atoms with Gasteiger partial charge >= 0.3 is 0 Å². The summed E-state index contributed by atoms with van der Waals surface area (Å²) in [7, 11) is 0. The van der Waals surface area contributed by atoms with Gasteiger partial charge in [0.2, 0.25) is 11.8 Å². The summed E-state index contributed by atoms with van der Waals surface area (Å²) in [5.74, 6) is -0.828. The lowest BCUT2D eigenvalue weighted by atomic mass is 10.1. The SMILES string of the molecule is CCCC(=O)Nc1cccc(SC(CC)C(=O)Nc2ccccc2C(N)=O)c1. The third-order valence-electron chi connectivity index (χ3n) is 3.99. The molecule has 4 N–H and O–H groups in total. The average molecular weight is 400 g/mol. The number of benzene rings is 2. The van der Waals surface area contributed by atoms with Crippen LogP contribution in [-0.4, -0.2) is 23.0 Å².